The minimum absolute atomic E-state index is 0.0785. The Kier molecular flexibility index (Phi) is 7.29. The van der Waals surface area contributed by atoms with Crippen molar-refractivity contribution in [3.63, 3.8) is 0 Å². The number of ether oxygens (including phenoxy) is 2. The summed E-state index contributed by atoms with van der Waals surface area (Å²) in [6.45, 7) is 8.70. The third-order valence-corrected chi connectivity index (χ3v) is 3.66. The van der Waals surface area contributed by atoms with Crippen LogP contribution in [-0.4, -0.2) is 24.4 Å². The van der Waals surface area contributed by atoms with Gasteiger partial charge in [-0.25, -0.2) is 0 Å². The maximum atomic E-state index is 5.83. The largest absolute Gasteiger partial charge is 0.491 e. The number of rotatable bonds is 8. The quantitative estimate of drug-likeness (QED) is 0.545. The molecule has 132 valence electrons. The van der Waals surface area contributed by atoms with Crippen LogP contribution in [0, 0.1) is 6.92 Å². The Hall–Kier alpha value is -2.53. The van der Waals surface area contributed by atoms with Gasteiger partial charge >= 0.3 is 0 Å². The standard InChI is InChI=1S/C20H24N2O2S/c1-4-13-23-18-11-9-17(10-12-18)22-20(25)21-16(3)14-24-19-8-6-5-7-15(19)2/h4-12,16H,1,13-14H2,2-3H3,(H2,21,22,25). The van der Waals surface area contributed by atoms with E-state index in [1.807, 2.05) is 62.4 Å². The van der Waals surface area contributed by atoms with Gasteiger partial charge in [-0.2, -0.15) is 0 Å². The van der Waals surface area contributed by atoms with Gasteiger partial charge < -0.3 is 20.1 Å². The lowest BCUT2D eigenvalue weighted by Gasteiger charge is -2.18. The zero-order valence-corrected chi connectivity index (χ0v) is 15.4. The van der Waals surface area contributed by atoms with Crippen molar-refractivity contribution in [2.75, 3.05) is 18.5 Å². The van der Waals surface area contributed by atoms with Gasteiger partial charge in [0.15, 0.2) is 5.11 Å². The first-order chi connectivity index (χ1) is 12.1. The number of hydrogen-bond acceptors (Lipinski definition) is 3. The summed E-state index contributed by atoms with van der Waals surface area (Å²) < 4.78 is 11.3. The predicted molar refractivity (Wildman–Crippen MR) is 108 cm³/mol. The average Bonchev–Trinajstić information content (AvgIpc) is 2.60. The summed E-state index contributed by atoms with van der Waals surface area (Å²) in [7, 11) is 0. The van der Waals surface area contributed by atoms with Gasteiger partial charge in [0.05, 0.1) is 6.04 Å². The van der Waals surface area contributed by atoms with Crippen molar-refractivity contribution in [2.45, 2.75) is 19.9 Å². The summed E-state index contributed by atoms with van der Waals surface area (Å²) in [5.74, 6) is 1.69. The maximum Gasteiger partial charge on any atom is 0.171 e. The Balaban J connectivity index is 1.77. The molecule has 0 saturated carbocycles. The smallest absolute Gasteiger partial charge is 0.171 e. The highest BCUT2D eigenvalue weighted by Gasteiger charge is 2.07. The molecule has 0 aromatic heterocycles. The fourth-order valence-electron chi connectivity index (χ4n) is 2.16. The molecule has 0 aliphatic carbocycles. The van der Waals surface area contributed by atoms with Crippen LogP contribution in [0.3, 0.4) is 0 Å². The normalized spacial score (nSPS) is 11.3. The number of aryl methyl sites for hydroxylation is 1. The predicted octanol–water partition coefficient (Wildman–Crippen LogP) is 4.31. The van der Waals surface area contributed by atoms with Gasteiger partial charge in [-0.15, -0.1) is 0 Å². The molecule has 1 atom stereocenters. The molecule has 0 bridgehead atoms. The molecule has 25 heavy (non-hydrogen) atoms. The monoisotopic (exact) mass is 356 g/mol. The van der Waals surface area contributed by atoms with Crippen molar-refractivity contribution in [1.82, 2.24) is 5.32 Å². The van der Waals surface area contributed by atoms with E-state index in [1.165, 1.54) is 0 Å². The molecule has 2 aromatic carbocycles. The van der Waals surface area contributed by atoms with Gasteiger partial charge in [0.25, 0.3) is 0 Å². The minimum atomic E-state index is 0.0785. The lowest BCUT2D eigenvalue weighted by atomic mass is 10.2. The summed E-state index contributed by atoms with van der Waals surface area (Å²) in [6.07, 6.45) is 1.71. The highest BCUT2D eigenvalue weighted by atomic mass is 32.1. The van der Waals surface area contributed by atoms with Crippen LogP contribution >= 0.6 is 12.2 Å². The molecular weight excluding hydrogens is 332 g/mol. The number of nitrogens with one attached hydrogen (secondary N) is 2. The van der Waals surface area contributed by atoms with Crippen molar-refractivity contribution >= 4 is 23.0 Å². The highest BCUT2D eigenvalue weighted by molar-refractivity contribution is 7.80. The van der Waals surface area contributed by atoms with Crippen molar-refractivity contribution < 1.29 is 9.47 Å². The Morgan fingerprint density at radius 1 is 1.16 bits per heavy atom. The van der Waals surface area contributed by atoms with Gasteiger partial charge in [0.2, 0.25) is 0 Å². The number of thiocarbonyl (C=S) groups is 1. The fraction of sp³-hybridized carbons (Fsp3) is 0.250. The molecule has 0 amide bonds. The molecular formula is C20H24N2O2S. The molecule has 5 heteroatoms. The third kappa shape index (κ3) is 6.47. The topological polar surface area (TPSA) is 42.5 Å². The van der Waals surface area contributed by atoms with Gasteiger partial charge in [0, 0.05) is 5.69 Å². The number of para-hydroxylation sites is 1. The Bertz CT molecular complexity index is 701. The zero-order valence-electron chi connectivity index (χ0n) is 14.6. The van der Waals surface area contributed by atoms with Crippen molar-refractivity contribution in [3.8, 4) is 11.5 Å². The first kappa shape index (κ1) is 18.8. The van der Waals surface area contributed by atoms with Crippen LogP contribution in [0.4, 0.5) is 5.69 Å². The van der Waals surface area contributed by atoms with E-state index < -0.39 is 0 Å². The van der Waals surface area contributed by atoms with Gasteiger partial charge in [-0.3, -0.25) is 0 Å². The first-order valence-corrected chi connectivity index (χ1v) is 8.59. The molecule has 2 aromatic rings. The second-order valence-corrected chi connectivity index (χ2v) is 6.11. The SMILES string of the molecule is C=CCOc1ccc(NC(=S)NC(C)COc2ccccc2C)cc1. The van der Waals surface area contributed by atoms with Crippen molar-refractivity contribution in [1.29, 1.82) is 0 Å². The number of benzene rings is 2. The summed E-state index contributed by atoms with van der Waals surface area (Å²) in [5.41, 5.74) is 2.02. The molecule has 2 N–H and O–H groups in total. The summed E-state index contributed by atoms with van der Waals surface area (Å²) >= 11 is 5.35. The molecule has 2 rings (SSSR count). The van der Waals surface area contributed by atoms with E-state index in [0.29, 0.717) is 18.3 Å². The molecule has 0 fully saturated rings. The summed E-state index contributed by atoms with van der Waals surface area (Å²) in [5, 5.41) is 6.93. The van der Waals surface area contributed by atoms with E-state index in [1.54, 1.807) is 6.08 Å². The van der Waals surface area contributed by atoms with E-state index in [-0.39, 0.29) is 6.04 Å². The van der Waals surface area contributed by atoms with E-state index in [4.69, 9.17) is 21.7 Å². The zero-order chi connectivity index (χ0) is 18.1. The Labute approximate surface area is 154 Å². The third-order valence-electron chi connectivity index (χ3n) is 3.44. The van der Waals surface area contributed by atoms with Crippen LogP contribution in [0.25, 0.3) is 0 Å². The van der Waals surface area contributed by atoms with Crippen LogP contribution in [0.15, 0.2) is 61.2 Å². The number of anilines is 1. The molecule has 1 unspecified atom stereocenters. The van der Waals surface area contributed by atoms with Crippen LogP contribution in [0.2, 0.25) is 0 Å². The molecule has 4 nitrogen and oxygen atoms in total. The fourth-order valence-corrected chi connectivity index (χ4v) is 2.47. The molecule has 0 heterocycles. The first-order valence-electron chi connectivity index (χ1n) is 8.18. The highest BCUT2D eigenvalue weighted by Crippen LogP contribution is 2.17. The van der Waals surface area contributed by atoms with E-state index in [9.17, 15) is 0 Å². The summed E-state index contributed by atoms with van der Waals surface area (Å²) in [4.78, 5) is 0. The van der Waals surface area contributed by atoms with Crippen LogP contribution in [-0.2, 0) is 0 Å². The Morgan fingerprint density at radius 3 is 2.56 bits per heavy atom. The molecule has 0 saturated heterocycles. The molecule has 0 aliphatic heterocycles. The van der Waals surface area contributed by atoms with Crippen LogP contribution < -0.4 is 20.1 Å². The molecule has 0 radical (unpaired) electrons. The Morgan fingerprint density at radius 2 is 1.88 bits per heavy atom. The van der Waals surface area contributed by atoms with Crippen molar-refractivity contribution in [2.24, 2.45) is 0 Å². The van der Waals surface area contributed by atoms with E-state index in [0.717, 1.165) is 22.7 Å². The molecule has 0 aliphatic rings. The van der Waals surface area contributed by atoms with E-state index >= 15 is 0 Å². The summed E-state index contributed by atoms with van der Waals surface area (Å²) in [6, 6.07) is 15.7. The van der Waals surface area contributed by atoms with E-state index in [2.05, 4.69) is 17.2 Å². The van der Waals surface area contributed by atoms with Crippen LogP contribution in [0.1, 0.15) is 12.5 Å². The second-order valence-electron chi connectivity index (χ2n) is 5.70. The van der Waals surface area contributed by atoms with Crippen molar-refractivity contribution in [3.05, 3.63) is 66.7 Å². The number of hydrogen-bond donors (Lipinski definition) is 2. The molecule has 0 spiro atoms. The maximum absolute atomic E-state index is 5.83. The average molecular weight is 356 g/mol. The van der Waals surface area contributed by atoms with Gasteiger partial charge in [0.1, 0.15) is 24.7 Å². The second kappa shape index (κ2) is 9.69. The van der Waals surface area contributed by atoms with Gasteiger partial charge in [-0.05, 0) is 62.0 Å². The van der Waals surface area contributed by atoms with Gasteiger partial charge in [-0.1, -0.05) is 30.9 Å². The minimum Gasteiger partial charge on any atom is -0.491 e. The lowest BCUT2D eigenvalue weighted by Crippen LogP contribution is -2.39. The van der Waals surface area contributed by atoms with Crippen LogP contribution in [0.5, 0.6) is 11.5 Å². The lowest BCUT2D eigenvalue weighted by molar-refractivity contribution is 0.285.